The predicted molar refractivity (Wildman–Crippen MR) is 122 cm³/mol. The fourth-order valence-electron chi connectivity index (χ4n) is 3.34. The first-order chi connectivity index (χ1) is 16.3. The van der Waals surface area contributed by atoms with Gasteiger partial charge in [0.2, 0.25) is 0 Å². The Morgan fingerprint density at radius 3 is 2.43 bits per heavy atom. The molecule has 192 valence electrons. The molecule has 0 spiro atoms. The summed E-state index contributed by atoms with van der Waals surface area (Å²) >= 11 is 0. The second-order valence-corrected chi connectivity index (χ2v) is 8.08. The average Bonchev–Trinajstić information content (AvgIpc) is 2.80. The van der Waals surface area contributed by atoms with Crippen molar-refractivity contribution in [1.29, 1.82) is 10.8 Å². The van der Waals surface area contributed by atoms with Gasteiger partial charge in [0.15, 0.2) is 0 Å². The number of morpholine rings is 1. The number of amidine groups is 1. The van der Waals surface area contributed by atoms with Gasteiger partial charge in [0, 0.05) is 31.4 Å². The van der Waals surface area contributed by atoms with Gasteiger partial charge in [-0.15, -0.1) is 0 Å². The van der Waals surface area contributed by atoms with E-state index in [1.165, 1.54) is 42.6 Å². The zero-order valence-corrected chi connectivity index (χ0v) is 19.5. The van der Waals surface area contributed by atoms with Crippen molar-refractivity contribution in [2.45, 2.75) is 31.8 Å². The van der Waals surface area contributed by atoms with Crippen molar-refractivity contribution in [3.63, 3.8) is 0 Å². The molecule has 1 aliphatic heterocycles. The summed E-state index contributed by atoms with van der Waals surface area (Å²) in [7, 11) is 1.59. The van der Waals surface area contributed by atoms with E-state index in [1.807, 2.05) is 0 Å². The maximum absolute atomic E-state index is 12.9. The number of likely N-dealkylation sites (N-methyl/N-ethyl adjacent to an activating group) is 1. The Morgan fingerprint density at radius 2 is 1.89 bits per heavy atom. The normalized spacial score (nSPS) is 18.4. The van der Waals surface area contributed by atoms with E-state index in [2.05, 4.69) is 10.6 Å². The molecule has 1 aliphatic rings. The molecule has 2 amide bonds. The van der Waals surface area contributed by atoms with Gasteiger partial charge in [-0.3, -0.25) is 20.3 Å². The number of carbonyl (C=O) groups excluding carboxylic acids is 2. The molecule has 13 heteroatoms. The van der Waals surface area contributed by atoms with Gasteiger partial charge in [0.05, 0.1) is 19.3 Å². The smallest absolute Gasteiger partial charge is 0.384 e. The summed E-state index contributed by atoms with van der Waals surface area (Å²) in [5.41, 5.74) is -0.751. The van der Waals surface area contributed by atoms with E-state index in [-0.39, 0.29) is 36.0 Å². The Hall–Kier alpha value is -3.29. The number of hydrogen-bond acceptors (Lipinski definition) is 8. The van der Waals surface area contributed by atoms with E-state index in [0.29, 0.717) is 18.7 Å². The van der Waals surface area contributed by atoms with Gasteiger partial charge in [0.25, 0.3) is 5.91 Å². The van der Waals surface area contributed by atoms with E-state index >= 15 is 0 Å². The third kappa shape index (κ3) is 7.60. The number of nitrogens with one attached hydrogen (secondary N) is 5. The number of amides is 2. The molecule has 0 radical (unpaired) electrons. The van der Waals surface area contributed by atoms with Crippen LogP contribution in [0.3, 0.4) is 0 Å². The molecular weight excluding hydrogens is 469 g/mol. The summed E-state index contributed by atoms with van der Waals surface area (Å²) in [6.07, 6.45) is -3.69. The van der Waals surface area contributed by atoms with Crippen LogP contribution in [0.4, 0.5) is 13.2 Å². The summed E-state index contributed by atoms with van der Waals surface area (Å²) < 4.78 is 42.6. The van der Waals surface area contributed by atoms with Crippen molar-refractivity contribution >= 4 is 23.4 Å². The highest BCUT2D eigenvalue weighted by Crippen LogP contribution is 2.20. The van der Waals surface area contributed by atoms with Crippen molar-refractivity contribution in [1.82, 2.24) is 20.9 Å². The number of nitrogens with zero attached hydrogens (tertiary/aromatic N) is 1. The molecule has 1 saturated heterocycles. The number of allylic oxidation sites excluding steroid dienone is 1. The lowest BCUT2D eigenvalue weighted by atomic mass is 10.0. The minimum Gasteiger partial charge on any atom is -0.384 e. The first-order valence-electron chi connectivity index (χ1n) is 10.6. The van der Waals surface area contributed by atoms with Crippen molar-refractivity contribution in [2.75, 3.05) is 33.4 Å². The highest BCUT2D eigenvalue weighted by Gasteiger charge is 2.39. The Morgan fingerprint density at radius 1 is 1.26 bits per heavy atom. The molecule has 2 atom stereocenters. The molecule has 35 heavy (non-hydrogen) atoms. The van der Waals surface area contributed by atoms with E-state index in [9.17, 15) is 27.9 Å². The predicted octanol–water partition coefficient (Wildman–Crippen LogP) is 0.815. The quantitative estimate of drug-likeness (QED) is 0.135. The molecule has 10 nitrogen and oxygen atoms in total. The molecule has 1 aromatic carbocycles. The Kier molecular flexibility index (Phi) is 9.12. The van der Waals surface area contributed by atoms with Gasteiger partial charge in [0.1, 0.15) is 17.3 Å². The minimum atomic E-state index is -5.11. The molecule has 2 rings (SSSR count). The molecule has 1 aromatic rings. The molecule has 1 unspecified atom stereocenters. The Bertz CT molecular complexity index is 992. The van der Waals surface area contributed by atoms with Crippen molar-refractivity contribution in [3.05, 3.63) is 47.2 Å². The van der Waals surface area contributed by atoms with Crippen molar-refractivity contribution < 1.29 is 32.6 Å². The number of rotatable bonds is 8. The number of hydrogen-bond donors (Lipinski definition) is 6. The van der Waals surface area contributed by atoms with Gasteiger partial charge in [-0.1, -0.05) is 24.3 Å². The summed E-state index contributed by atoms with van der Waals surface area (Å²) in [6, 6.07) is 4.99. The number of aliphatic hydroxyl groups is 1. The first-order valence-corrected chi connectivity index (χ1v) is 10.6. The molecule has 0 aliphatic carbocycles. The van der Waals surface area contributed by atoms with Crippen LogP contribution in [0.1, 0.15) is 25.0 Å². The highest BCUT2D eigenvalue weighted by atomic mass is 19.4. The fourth-order valence-corrected chi connectivity index (χ4v) is 3.34. The van der Waals surface area contributed by atoms with Gasteiger partial charge in [-0.25, -0.2) is 0 Å². The number of ether oxygens (including phenoxy) is 1. The average molecular weight is 499 g/mol. The zero-order chi connectivity index (χ0) is 26.4. The van der Waals surface area contributed by atoms with E-state index in [1.54, 1.807) is 18.9 Å². The van der Waals surface area contributed by atoms with Crippen LogP contribution in [0.25, 0.3) is 0 Å². The largest absolute Gasteiger partial charge is 0.471 e. The number of benzene rings is 1. The second-order valence-electron chi connectivity index (χ2n) is 8.08. The molecular formula is C22H29F3N6O4. The highest BCUT2D eigenvalue weighted by molar-refractivity contribution is 6.07. The maximum Gasteiger partial charge on any atom is 0.471 e. The standard InChI is InChI=1S/C22H29F3N6O4/c1-13(26)10-17(28-3)19(32)31-8-9-35-12-16(31)11-29-21(2,34)15-6-4-14(5-7-15)18(27)30-20(33)22(23,24)25/h4-7,10,16,26,28-29,34H,8-9,11-12H2,1-3H3,(H2,27,30,33)/b17-10-,26-13?/t16-,21?/m1/s1. The van der Waals surface area contributed by atoms with Crippen LogP contribution in [0.15, 0.2) is 36.0 Å². The van der Waals surface area contributed by atoms with Crippen LogP contribution in [0.2, 0.25) is 0 Å². The van der Waals surface area contributed by atoms with Crippen LogP contribution in [-0.2, 0) is 20.1 Å². The number of alkyl halides is 3. The van der Waals surface area contributed by atoms with Gasteiger partial charge in [-0.2, -0.15) is 13.2 Å². The third-order valence-corrected chi connectivity index (χ3v) is 5.26. The van der Waals surface area contributed by atoms with Crippen molar-refractivity contribution in [2.24, 2.45) is 0 Å². The number of carbonyl (C=O) groups is 2. The van der Waals surface area contributed by atoms with Gasteiger partial charge >= 0.3 is 12.1 Å². The van der Waals surface area contributed by atoms with Crippen LogP contribution in [0, 0.1) is 10.8 Å². The van der Waals surface area contributed by atoms with Crippen molar-refractivity contribution in [3.8, 4) is 0 Å². The monoisotopic (exact) mass is 498 g/mol. The fraction of sp³-hybridized carbons (Fsp3) is 0.455. The SMILES string of the molecule is CN/C(=C\C(C)=N)C(=O)N1CCOC[C@H]1CNC(C)(O)c1ccc(C(=N)NC(=O)C(F)(F)F)cc1. The molecule has 6 N–H and O–H groups in total. The molecule has 0 aromatic heterocycles. The summed E-state index contributed by atoms with van der Waals surface area (Å²) in [4.78, 5) is 25.5. The summed E-state index contributed by atoms with van der Waals surface area (Å²) in [5, 5.41) is 33.4. The first kappa shape index (κ1) is 28.0. The Labute approximate surface area is 200 Å². The van der Waals surface area contributed by atoms with Gasteiger partial charge < -0.3 is 30.8 Å². The minimum absolute atomic E-state index is 0.0208. The second kappa shape index (κ2) is 11.4. The van der Waals surface area contributed by atoms with Crippen LogP contribution in [-0.4, -0.2) is 78.9 Å². The molecule has 1 heterocycles. The zero-order valence-electron chi connectivity index (χ0n) is 19.5. The van der Waals surface area contributed by atoms with Crippen LogP contribution < -0.4 is 16.0 Å². The van der Waals surface area contributed by atoms with E-state index in [4.69, 9.17) is 15.6 Å². The molecule has 0 bridgehead atoms. The van der Waals surface area contributed by atoms with E-state index < -0.39 is 29.7 Å². The molecule has 1 fully saturated rings. The lowest BCUT2D eigenvalue weighted by Gasteiger charge is -2.38. The maximum atomic E-state index is 12.9. The van der Waals surface area contributed by atoms with Gasteiger partial charge in [-0.05, 0) is 25.5 Å². The van der Waals surface area contributed by atoms with Crippen LogP contribution in [0.5, 0.6) is 0 Å². The Balaban J connectivity index is 2.08. The third-order valence-electron chi connectivity index (χ3n) is 5.26. The summed E-state index contributed by atoms with van der Waals surface area (Å²) in [5.74, 6) is -3.28. The van der Waals surface area contributed by atoms with E-state index in [0.717, 1.165) is 0 Å². The number of halogens is 3. The lowest BCUT2D eigenvalue weighted by molar-refractivity contribution is -0.171. The molecule has 0 saturated carbocycles. The van der Waals surface area contributed by atoms with Crippen LogP contribution >= 0.6 is 0 Å². The topological polar surface area (TPSA) is 151 Å². The lowest BCUT2D eigenvalue weighted by Crippen LogP contribution is -2.56. The summed E-state index contributed by atoms with van der Waals surface area (Å²) in [6.45, 7) is 4.06.